The molecular weight excluding hydrogens is 226 g/mol. The summed E-state index contributed by atoms with van der Waals surface area (Å²) >= 11 is 2.15. The van der Waals surface area contributed by atoms with Crippen LogP contribution in [0, 0.1) is 5.92 Å². The average Bonchev–Trinajstić information content (AvgIpc) is 2.32. The molecule has 1 saturated carbocycles. The third-order valence-electron chi connectivity index (χ3n) is 3.67. The Balaban J connectivity index is 1.74. The highest BCUT2D eigenvalue weighted by atomic mass is 32.2. The van der Waals surface area contributed by atoms with Crippen molar-refractivity contribution in [1.29, 1.82) is 0 Å². The molecule has 1 aliphatic rings. The third kappa shape index (κ3) is 3.95. The van der Waals surface area contributed by atoms with Gasteiger partial charge in [-0.05, 0) is 42.6 Å². The van der Waals surface area contributed by atoms with E-state index < -0.39 is 0 Å². The van der Waals surface area contributed by atoms with Gasteiger partial charge in [0.25, 0.3) is 0 Å². The van der Waals surface area contributed by atoms with Gasteiger partial charge in [0.15, 0.2) is 0 Å². The fourth-order valence-corrected chi connectivity index (χ4v) is 4.10. The first-order valence-electron chi connectivity index (χ1n) is 6.70. The normalized spacial score (nSPS) is 24.8. The fraction of sp³-hybridized carbons (Fsp3) is 0.600. The first-order valence-corrected chi connectivity index (χ1v) is 7.75. The Bertz CT molecular complexity index is 351. The van der Waals surface area contributed by atoms with Crippen molar-refractivity contribution in [3.63, 3.8) is 0 Å². The summed E-state index contributed by atoms with van der Waals surface area (Å²) in [5, 5.41) is 0.892. The van der Waals surface area contributed by atoms with E-state index in [0.717, 1.165) is 23.3 Å². The lowest BCUT2D eigenvalue weighted by Crippen LogP contribution is -2.15. The Morgan fingerprint density at radius 3 is 2.88 bits per heavy atom. The number of hydrogen-bond acceptors (Lipinski definition) is 2. The second kappa shape index (κ2) is 6.34. The van der Waals surface area contributed by atoms with E-state index in [1.165, 1.54) is 37.0 Å². The van der Waals surface area contributed by atoms with Crippen molar-refractivity contribution >= 4 is 17.4 Å². The topological polar surface area (TPSA) is 26.0 Å². The molecule has 94 valence electrons. The molecule has 2 unspecified atom stereocenters. The maximum Gasteiger partial charge on any atom is 0.0346 e. The number of para-hydroxylation sites is 1. The maximum atomic E-state index is 5.95. The van der Waals surface area contributed by atoms with Crippen LogP contribution in [0.3, 0.4) is 0 Å². The minimum absolute atomic E-state index is 0.892. The summed E-state index contributed by atoms with van der Waals surface area (Å²) in [6, 6.07) is 8.25. The predicted octanol–water partition coefficient (Wildman–Crippen LogP) is 4.12. The fourth-order valence-electron chi connectivity index (χ4n) is 2.63. The molecule has 0 radical (unpaired) electrons. The van der Waals surface area contributed by atoms with Gasteiger partial charge in [-0.1, -0.05) is 38.0 Å². The van der Waals surface area contributed by atoms with Gasteiger partial charge >= 0.3 is 0 Å². The molecule has 2 atom stereocenters. The monoisotopic (exact) mass is 249 g/mol. The van der Waals surface area contributed by atoms with Crippen LogP contribution < -0.4 is 5.73 Å². The summed E-state index contributed by atoms with van der Waals surface area (Å²) in [4.78, 5) is 0. The number of rotatable bonds is 4. The average molecular weight is 249 g/mol. The SMILES string of the molecule is CC1CCCC(SCCc2ccccc2N)C1. The van der Waals surface area contributed by atoms with Gasteiger partial charge < -0.3 is 5.73 Å². The summed E-state index contributed by atoms with van der Waals surface area (Å²) in [7, 11) is 0. The zero-order chi connectivity index (χ0) is 12.1. The summed E-state index contributed by atoms with van der Waals surface area (Å²) in [6.45, 7) is 2.39. The van der Waals surface area contributed by atoms with Crippen LogP contribution in [0.1, 0.15) is 38.2 Å². The van der Waals surface area contributed by atoms with Gasteiger partial charge in [0.2, 0.25) is 0 Å². The standard InChI is InChI=1S/C15H23NS/c1-12-5-4-7-14(11-12)17-10-9-13-6-2-3-8-15(13)16/h2-3,6,8,12,14H,4-5,7,9-11,16H2,1H3. The van der Waals surface area contributed by atoms with Gasteiger partial charge in [-0.3, -0.25) is 0 Å². The summed E-state index contributed by atoms with van der Waals surface area (Å²) in [5.41, 5.74) is 8.21. The van der Waals surface area contributed by atoms with Gasteiger partial charge in [0, 0.05) is 10.9 Å². The van der Waals surface area contributed by atoms with Crippen molar-refractivity contribution in [1.82, 2.24) is 0 Å². The number of thioether (sulfide) groups is 1. The highest BCUT2D eigenvalue weighted by Gasteiger charge is 2.18. The van der Waals surface area contributed by atoms with Crippen molar-refractivity contribution in [2.24, 2.45) is 5.92 Å². The van der Waals surface area contributed by atoms with Crippen molar-refractivity contribution in [2.45, 2.75) is 44.3 Å². The smallest absolute Gasteiger partial charge is 0.0346 e. The lowest BCUT2D eigenvalue weighted by Gasteiger charge is -2.26. The van der Waals surface area contributed by atoms with E-state index in [1.54, 1.807) is 0 Å². The molecule has 2 rings (SSSR count). The molecule has 0 heterocycles. The zero-order valence-corrected chi connectivity index (χ0v) is 11.5. The second-order valence-electron chi connectivity index (χ2n) is 5.21. The zero-order valence-electron chi connectivity index (χ0n) is 10.7. The molecule has 17 heavy (non-hydrogen) atoms. The molecule has 1 aliphatic carbocycles. The van der Waals surface area contributed by atoms with Crippen LogP contribution in [0.5, 0.6) is 0 Å². The highest BCUT2D eigenvalue weighted by Crippen LogP contribution is 2.32. The number of anilines is 1. The van der Waals surface area contributed by atoms with E-state index in [2.05, 4.69) is 30.8 Å². The minimum Gasteiger partial charge on any atom is -0.399 e. The molecule has 0 spiro atoms. The van der Waals surface area contributed by atoms with Gasteiger partial charge in [-0.15, -0.1) is 0 Å². The number of benzene rings is 1. The molecular formula is C15H23NS. The Morgan fingerprint density at radius 2 is 2.12 bits per heavy atom. The molecule has 1 fully saturated rings. The predicted molar refractivity (Wildman–Crippen MR) is 78.4 cm³/mol. The number of aryl methyl sites for hydroxylation is 1. The quantitative estimate of drug-likeness (QED) is 0.812. The van der Waals surface area contributed by atoms with Crippen LogP contribution in [0.2, 0.25) is 0 Å². The second-order valence-corrected chi connectivity index (χ2v) is 6.62. The van der Waals surface area contributed by atoms with Gasteiger partial charge in [0.1, 0.15) is 0 Å². The molecule has 0 bridgehead atoms. The number of nitrogen functional groups attached to an aromatic ring is 1. The van der Waals surface area contributed by atoms with Crippen molar-refractivity contribution < 1.29 is 0 Å². The van der Waals surface area contributed by atoms with Gasteiger partial charge in [-0.25, -0.2) is 0 Å². The summed E-state index contributed by atoms with van der Waals surface area (Å²) in [6.07, 6.45) is 6.80. The Morgan fingerprint density at radius 1 is 1.29 bits per heavy atom. The van der Waals surface area contributed by atoms with Crippen molar-refractivity contribution in [3.8, 4) is 0 Å². The van der Waals surface area contributed by atoms with Crippen LogP contribution >= 0.6 is 11.8 Å². The molecule has 0 saturated heterocycles. The first kappa shape index (κ1) is 12.8. The number of hydrogen-bond donors (Lipinski definition) is 1. The molecule has 2 heteroatoms. The molecule has 1 aromatic rings. The molecule has 1 aromatic carbocycles. The van der Waals surface area contributed by atoms with E-state index >= 15 is 0 Å². The van der Waals surface area contributed by atoms with Crippen LogP contribution in [0.15, 0.2) is 24.3 Å². The van der Waals surface area contributed by atoms with Gasteiger partial charge in [-0.2, -0.15) is 11.8 Å². The number of nitrogens with two attached hydrogens (primary N) is 1. The molecule has 0 amide bonds. The Labute approximate surface area is 109 Å². The lowest BCUT2D eigenvalue weighted by molar-refractivity contribution is 0.394. The molecule has 0 aromatic heterocycles. The van der Waals surface area contributed by atoms with Gasteiger partial charge in [0.05, 0.1) is 0 Å². The Kier molecular flexibility index (Phi) is 4.78. The molecule has 0 aliphatic heterocycles. The van der Waals surface area contributed by atoms with E-state index in [1.807, 2.05) is 12.1 Å². The van der Waals surface area contributed by atoms with Crippen molar-refractivity contribution in [2.75, 3.05) is 11.5 Å². The van der Waals surface area contributed by atoms with E-state index in [-0.39, 0.29) is 0 Å². The molecule has 2 N–H and O–H groups in total. The van der Waals surface area contributed by atoms with Crippen LogP contribution in [-0.2, 0) is 6.42 Å². The Hall–Kier alpha value is -0.630. The van der Waals surface area contributed by atoms with E-state index in [4.69, 9.17) is 5.73 Å². The third-order valence-corrected chi connectivity index (χ3v) is 5.01. The van der Waals surface area contributed by atoms with Crippen molar-refractivity contribution in [3.05, 3.63) is 29.8 Å². The first-order chi connectivity index (χ1) is 8.25. The van der Waals surface area contributed by atoms with E-state index in [0.29, 0.717) is 0 Å². The van der Waals surface area contributed by atoms with Crippen LogP contribution in [-0.4, -0.2) is 11.0 Å². The molecule has 1 nitrogen and oxygen atoms in total. The maximum absolute atomic E-state index is 5.95. The largest absolute Gasteiger partial charge is 0.399 e. The minimum atomic E-state index is 0.892. The van der Waals surface area contributed by atoms with Crippen LogP contribution in [0.4, 0.5) is 5.69 Å². The summed E-state index contributed by atoms with van der Waals surface area (Å²) in [5.74, 6) is 2.15. The highest BCUT2D eigenvalue weighted by molar-refractivity contribution is 7.99. The summed E-state index contributed by atoms with van der Waals surface area (Å²) < 4.78 is 0. The van der Waals surface area contributed by atoms with E-state index in [9.17, 15) is 0 Å². The van der Waals surface area contributed by atoms with Crippen LogP contribution in [0.25, 0.3) is 0 Å². The lowest BCUT2D eigenvalue weighted by atomic mass is 9.91.